The summed E-state index contributed by atoms with van der Waals surface area (Å²) in [7, 11) is 0. The first-order valence-electron chi connectivity index (χ1n) is 6.14. The molecule has 0 bridgehead atoms. The second-order valence-electron chi connectivity index (χ2n) is 4.29. The van der Waals surface area contributed by atoms with Gasteiger partial charge in [0, 0.05) is 0 Å². The molecule has 0 aliphatic rings. The first-order valence-corrected chi connectivity index (χ1v) is 6.91. The summed E-state index contributed by atoms with van der Waals surface area (Å²) >= 11 is 1.20. The minimum absolute atomic E-state index is 0.0964. The highest BCUT2D eigenvalue weighted by atomic mass is 32.1. The molecule has 1 atom stereocenters. The van der Waals surface area contributed by atoms with Crippen LogP contribution in [0.2, 0.25) is 0 Å². The molecule has 1 heterocycles. The van der Waals surface area contributed by atoms with E-state index >= 15 is 0 Å². The standard InChI is InChI=1S/C14H16N2O2S/c1-3-11(10-7-5-4-6-8-10)15-13-12(14(17)18)9(2)16-19-13/h4-8,11,15H,3H2,1-2H3,(H,17,18). The Morgan fingerprint density at radius 3 is 2.68 bits per heavy atom. The molecule has 0 saturated heterocycles. The number of carboxylic acid groups (broad SMARTS) is 1. The summed E-state index contributed by atoms with van der Waals surface area (Å²) in [5, 5.41) is 13.1. The molecular formula is C14H16N2O2S. The number of aromatic nitrogens is 1. The molecule has 1 unspecified atom stereocenters. The molecule has 0 aliphatic carbocycles. The summed E-state index contributed by atoms with van der Waals surface area (Å²) in [4.78, 5) is 11.2. The van der Waals surface area contributed by atoms with E-state index in [-0.39, 0.29) is 11.6 Å². The van der Waals surface area contributed by atoms with Crippen LogP contribution in [0.25, 0.3) is 0 Å². The molecule has 4 nitrogen and oxygen atoms in total. The zero-order valence-electron chi connectivity index (χ0n) is 10.9. The van der Waals surface area contributed by atoms with Crippen LogP contribution in [-0.2, 0) is 0 Å². The predicted molar refractivity (Wildman–Crippen MR) is 76.9 cm³/mol. The van der Waals surface area contributed by atoms with Crippen LogP contribution in [0.5, 0.6) is 0 Å². The molecule has 1 aromatic heterocycles. The molecule has 0 spiro atoms. The Morgan fingerprint density at radius 1 is 1.42 bits per heavy atom. The van der Waals surface area contributed by atoms with Crippen molar-refractivity contribution in [3.8, 4) is 0 Å². The number of hydrogen-bond acceptors (Lipinski definition) is 4. The lowest BCUT2D eigenvalue weighted by Gasteiger charge is -2.17. The van der Waals surface area contributed by atoms with Gasteiger partial charge in [-0.15, -0.1) is 0 Å². The van der Waals surface area contributed by atoms with Crippen LogP contribution in [0.3, 0.4) is 0 Å². The van der Waals surface area contributed by atoms with Crippen LogP contribution < -0.4 is 5.32 Å². The van der Waals surface area contributed by atoms with Crippen molar-refractivity contribution in [2.24, 2.45) is 0 Å². The van der Waals surface area contributed by atoms with Crippen LogP contribution >= 0.6 is 11.5 Å². The van der Waals surface area contributed by atoms with Crippen LogP contribution in [0.4, 0.5) is 5.00 Å². The fourth-order valence-corrected chi connectivity index (χ4v) is 2.83. The molecule has 0 saturated carbocycles. The first kappa shape index (κ1) is 13.5. The molecule has 100 valence electrons. The first-order chi connectivity index (χ1) is 9.13. The highest BCUT2D eigenvalue weighted by Gasteiger charge is 2.20. The van der Waals surface area contributed by atoms with Gasteiger partial charge in [0.2, 0.25) is 0 Å². The molecule has 2 N–H and O–H groups in total. The summed E-state index contributed by atoms with van der Waals surface area (Å²) in [5.74, 6) is -0.934. The number of nitrogens with zero attached hydrogens (tertiary/aromatic N) is 1. The minimum atomic E-state index is -0.934. The van der Waals surface area contributed by atoms with Crippen molar-refractivity contribution in [1.29, 1.82) is 0 Å². The van der Waals surface area contributed by atoms with E-state index in [2.05, 4.69) is 16.6 Å². The quantitative estimate of drug-likeness (QED) is 0.873. The third-order valence-corrected chi connectivity index (χ3v) is 3.86. The van der Waals surface area contributed by atoms with Crippen molar-refractivity contribution in [2.75, 3.05) is 5.32 Å². The molecular weight excluding hydrogens is 260 g/mol. The number of anilines is 1. The molecule has 0 fully saturated rings. The Hall–Kier alpha value is -1.88. The summed E-state index contributed by atoms with van der Waals surface area (Å²) in [6.07, 6.45) is 0.875. The SMILES string of the molecule is CCC(Nc1snc(C)c1C(=O)O)c1ccccc1. The number of carbonyl (C=O) groups is 1. The molecule has 0 amide bonds. The van der Waals surface area contributed by atoms with E-state index in [1.54, 1.807) is 6.92 Å². The van der Waals surface area contributed by atoms with Crippen molar-refractivity contribution in [2.45, 2.75) is 26.3 Å². The van der Waals surface area contributed by atoms with Gasteiger partial charge in [-0.1, -0.05) is 37.3 Å². The van der Waals surface area contributed by atoms with Gasteiger partial charge in [0.05, 0.1) is 11.7 Å². The van der Waals surface area contributed by atoms with E-state index in [9.17, 15) is 9.90 Å². The smallest absolute Gasteiger partial charge is 0.340 e. The fourth-order valence-electron chi connectivity index (χ4n) is 1.98. The monoisotopic (exact) mass is 276 g/mol. The Morgan fingerprint density at radius 2 is 2.11 bits per heavy atom. The number of aromatic carboxylic acids is 1. The lowest BCUT2D eigenvalue weighted by Crippen LogP contribution is -2.11. The molecule has 2 rings (SSSR count). The van der Waals surface area contributed by atoms with E-state index in [0.29, 0.717) is 10.7 Å². The number of hydrogen-bond donors (Lipinski definition) is 2. The molecule has 0 radical (unpaired) electrons. The van der Waals surface area contributed by atoms with Gasteiger partial charge in [-0.2, -0.15) is 4.37 Å². The zero-order chi connectivity index (χ0) is 13.8. The van der Waals surface area contributed by atoms with Crippen molar-refractivity contribution < 1.29 is 9.90 Å². The Kier molecular flexibility index (Phi) is 4.16. The van der Waals surface area contributed by atoms with Crippen LogP contribution in [-0.4, -0.2) is 15.4 Å². The third-order valence-electron chi connectivity index (χ3n) is 2.99. The van der Waals surface area contributed by atoms with Crippen molar-refractivity contribution in [3.05, 3.63) is 47.2 Å². The maximum atomic E-state index is 11.2. The van der Waals surface area contributed by atoms with Gasteiger partial charge in [0.15, 0.2) is 0 Å². The van der Waals surface area contributed by atoms with E-state index < -0.39 is 5.97 Å². The maximum absolute atomic E-state index is 11.2. The minimum Gasteiger partial charge on any atom is -0.478 e. The number of benzene rings is 1. The third kappa shape index (κ3) is 2.93. The Labute approximate surface area is 116 Å². The highest BCUT2D eigenvalue weighted by Crippen LogP contribution is 2.30. The topological polar surface area (TPSA) is 62.2 Å². The van der Waals surface area contributed by atoms with E-state index in [1.165, 1.54) is 11.5 Å². The molecule has 19 heavy (non-hydrogen) atoms. The van der Waals surface area contributed by atoms with Gasteiger partial charge in [-0.3, -0.25) is 0 Å². The fraction of sp³-hybridized carbons (Fsp3) is 0.286. The second-order valence-corrected chi connectivity index (χ2v) is 5.07. The van der Waals surface area contributed by atoms with Crippen LogP contribution in [0.15, 0.2) is 30.3 Å². The van der Waals surface area contributed by atoms with Crippen molar-refractivity contribution in [3.63, 3.8) is 0 Å². The van der Waals surface area contributed by atoms with Crippen molar-refractivity contribution in [1.82, 2.24) is 4.37 Å². The van der Waals surface area contributed by atoms with Crippen LogP contribution in [0, 0.1) is 6.92 Å². The number of rotatable bonds is 5. The molecule has 1 aromatic carbocycles. The highest BCUT2D eigenvalue weighted by molar-refractivity contribution is 7.10. The number of aryl methyl sites for hydroxylation is 1. The maximum Gasteiger partial charge on any atom is 0.340 e. The van der Waals surface area contributed by atoms with E-state index in [0.717, 1.165) is 12.0 Å². The summed E-state index contributed by atoms with van der Waals surface area (Å²) < 4.78 is 4.12. The summed E-state index contributed by atoms with van der Waals surface area (Å²) in [6, 6.07) is 10.1. The number of nitrogens with one attached hydrogen (secondary N) is 1. The molecule has 0 aliphatic heterocycles. The normalized spacial score (nSPS) is 12.1. The summed E-state index contributed by atoms with van der Waals surface area (Å²) in [6.45, 7) is 3.79. The lowest BCUT2D eigenvalue weighted by molar-refractivity contribution is 0.0697. The van der Waals surface area contributed by atoms with Gasteiger partial charge in [-0.05, 0) is 30.4 Å². The molecule has 5 heteroatoms. The van der Waals surface area contributed by atoms with E-state index in [4.69, 9.17) is 0 Å². The van der Waals surface area contributed by atoms with E-state index in [1.807, 2.05) is 30.3 Å². The number of carboxylic acids is 1. The predicted octanol–water partition coefficient (Wildman–Crippen LogP) is 3.71. The average Bonchev–Trinajstić information content (AvgIpc) is 2.78. The lowest BCUT2D eigenvalue weighted by atomic mass is 10.0. The van der Waals surface area contributed by atoms with Gasteiger partial charge < -0.3 is 10.4 Å². The van der Waals surface area contributed by atoms with Gasteiger partial charge in [0.1, 0.15) is 10.6 Å². The second kappa shape index (κ2) is 5.84. The molecule has 2 aromatic rings. The Balaban J connectivity index is 2.27. The van der Waals surface area contributed by atoms with Gasteiger partial charge >= 0.3 is 5.97 Å². The Bertz CT molecular complexity index is 566. The van der Waals surface area contributed by atoms with Gasteiger partial charge in [0.25, 0.3) is 0 Å². The average molecular weight is 276 g/mol. The van der Waals surface area contributed by atoms with Crippen molar-refractivity contribution >= 4 is 22.5 Å². The van der Waals surface area contributed by atoms with Gasteiger partial charge in [-0.25, -0.2) is 4.79 Å². The van der Waals surface area contributed by atoms with Crippen LogP contribution in [0.1, 0.15) is 41.0 Å². The zero-order valence-corrected chi connectivity index (χ0v) is 11.7. The largest absolute Gasteiger partial charge is 0.478 e. The summed E-state index contributed by atoms with van der Waals surface area (Å²) in [5.41, 5.74) is 1.98.